The van der Waals surface area contributed by atoms with E-state index < -0.39 is 11.7 Å². The highest BCUT2D eigenvalue weighted by Gasteiger charge is 2.26. The molecule has 8 heteroatoms. The van der Waals surface area contributed by atoms with E-state index in [-0.39, 0.29) is 0 Å². The molecule has 0 radical (unpaired) electrons. The summed E-state index contributed by atoms with van der Waals surface area (Å²) in [6.45, 7) is 9.12. The SMILES string of the molecule is COCCn1c(C)cc(-c2ccccc2)c1C(=O)C(=O)Nc1ccc(NCCNCc2cc(C)cc(C)n2)cc1. The molecular formula is C32H37N5O3. The minimum absolute atomic E-state index is 0.361. The number of nitrogens with one attached hydrogen (secondary N) is 3. The van der Waals surface area contributed by atoms with Crippen molar-refractivity contribution in [2.45, 2.75) is 33.9 Å². The molecule has 0 atom stereocenters. The molecule has 208 valence electrons. The Morgan fingerprint density at radius 3 is 2.33 bits per heavy atom. The molecule has 2 aromatic carbocycles. The van der Waals surface area contributed by atoms with Crippen LogP contribution in [0.5, 0.6) is 0 Å². The topological polar surface area (TPSA) is 97.3 Å². The lowest BCUT2D eigenvalue weighted by Crippen LogP contribution is -2.26. The van der Waals surface area contributed by atoms with Gasteiger partial charge in [0, 0.05) is 61.6 Å². The zero-order chi connectivity index (χ0) is 28.5. The molecule has 4 aromatic rings. The molecule has 0 saturated heterocycles. The van der Waals surface area contributed by atoms with Gasteiger partial charge in [-0.1, -0.05) is 30.3 Å². The molecule has 3 N–H and O–H groups in total. The highest BCUT2D eigenvalue weighted by atomic mass is 16.5. The Hall–Kier alpha value is -4.27. The molecule has 40 heavy (non-hydrogen) atoms. The fraction of sp³-hybridized carbons (Fsp3) is 0.281. The molecule has 1 amide bonds. The van der Waals surface area contributed by atoms with E-state index >= 15 is 0 Å². The monoisotopic (exact) mass is 539 g/mol. The second kappa shape index (κ2) is 13.7. The van der Waals surface area contributed by atoms with Crippen LogP contribution in [0.3, 0.4) is 0 Å². The van der Waals surface area contributed by atoms with Crippen LogP contribution in [-0.4, -0.2) is 48.0 Å². The number of benzene rings is 2. The second-order valence-electron chi connectivity index (χ2n) is 9.80. The summed E-state index contributed by atoms with van der Waals surface area (Å²) < 4.78 is 7.09. The van der Waals surface area contributed by atoms with Crippen molar-refractivity contribution >= 4 is 23.1 Å². The number of hydrogen-bond donors (Lipinski definition) is 3. The Balaban J connectivity index is 1.35. The molecule has 0 aliphatic heterocycles. The van der Waals surface area contributed by atoms with Crippen molar-refractivity contribution in [3.05, 3.63) is 101 Å². The largest absolute Gasteiger partial charge is 0.384 e. The summed E-state index contributed by atoms with van der Waals surface area (Å²) in [4.78, 5) is 31.1. The van der Waals surface area contributed by atoms with Crippen LogP contribution in [0.15, 0.2) is 72.8 Å². The average molecular weight is 540 g/mol. The maximum Gasteiger partial charge on any atom is 0.298 e. The van der Waals surface area contributed by atoms with Gasteiger partial charge in [0.1, 0.15) is 5.69 Å². The predicted octanol–water partition coefficient (Wildman–Crippen LogP) is 5.14. The van der Waals surface area contributed by atoms with E-state index in [9.17, 15) is 9.59 Å². The van der Waals surface area contributed by atoms with E-state index in [1.165, 1.54) is 5.56 Å². The molecular weight excluding hydrogens is 502 g/mol. The van der Waals surface area contributed by atoms with Crippen molar-refractivity contribution in [2.24, 2.45) is 0 Å². The minimum Gasteiger partial charge on any atom is -0.384 e. The van der Waals surface area contributed by atoms with Crippen molar-refractivity contribution in [3.63, 3.8) is 0 Å². The highest BCUT2D eigenvalue weighted by molar-refractivity contribution is 6.47. The minimum atomic E-state index is -0.682. The predicted molar refractivity (Wildman–Crippen MR) is 160 cm³/mol. The number of anilines is 2. The normalized spacial score (nSPS) is 10.9. The Morgan fingerprint density at radius 2 is 1.62 bits per heavy atom. The number of hydrogen-bond acceptors (Lipinski definition) is 6. The summed E-state index contributed by atoms with van der Waals surface area (Å²) in [5, 5.41) is 9.52. The number of ether oxygens (including phenoxy) is 1. The lowest BCUT2D eigenvalue weighted by Gasteiger charge is -2.13. The van der Waals surface area contributed by atoms with Gasteiger partial charge < -0.3 is 25.3 Å². The number of rotatable bonds is 13. The van der Waals surface area contributed by atoms with E-state index in [1.807, 2.05) is 66.9 Å². The fourth-order valence-electron chi connectivity index (χ4n) is 4.72. The smallest absolute Gasteiger partial charge is 0.298 e. The summed E-state index contributed by atoms with van der Waals surface area (Å²) in [5.74, 6) is -1.27. The Bertz CT molecular complexity index is 1430. The number of pyridine rings is 1. The number of methoxy groups -OCH3 is 1. The third-order valence-electron chi connectivity index (χ3n) is 6.56. The number of carbonyl (C=O) groups is 2. The van der Waals surface area contributed by atoms with Gasteiger partial charge >= 0.3 is 0 Å². The van der Waals surface area contributed by atoms with Gasteiger partial charge in [0.15, 0.2) is 0 Å². The summed E-state index contributed by atoms with van der Waals surface area (Å²) in [6.07, 6.45) is 0. The highest BCUT2D eigenvalue weighted by Crippen LogP contribution is 2.28. The average Bonchev–Trinajstić information content (AvgIpc) is 3.27. The van der Waals surface area contributed by atoms with Crippen molar-refractivity contribution < 1.29 is 14.3 Å². The van der Waals surface area contributed by atoms with Crippen LogP contribution < -0.4 is 16.0 Å². The van der Waals surface area contributed by atoms with Crippen LogP contribution in [-0.2, 0) is 22.6 Å². The van der Waals surface area contributed by atoms with Crippen LogP contribution >= 0.6 is 0 Å². The lowest BCUT2D eigenvalue weighted by molar-refractivity contribution is -0.112. The molecule has 0 unspecified atom stereocenters. The van der Waals surface area contributed by atoms with Gasteiger partial charge in [-0.25, -0.2) is 0 Å². The molecule has 0 aliphatic rings. The number of ketones is 1. The molecule has 2 aromatic heterocycles. The van der Waals surface area contributed by atoms with Crippen LogP contribution in [0, 0.1) is 20.8 Å². The Labute approximate surface area is 235 Å². The summed E-state index contributed by atoms with van der Waals surface area (Å²) in [7, 11) is 1.61. The van der Waals surface area contributed by atoms with Crippen LogP contribution in [0.25, 0.3) is 11.1 Å². The zero-order valence-corrected chi connectivity index (χ0v) is 23.6. The number of aryl methyl sites for hydroxylation is 3. The number of aromatic nitrogens is 2. The van der Waals surface area contributed by atoms with E-state index in [0.29, 0.717) is 31.1 Å². The quantitative estimate of drug-likeness (QED) is 0.124. The molecule has 8 nitrogen and oxygen atoms in total. The number of carbonyl (C=O) groups excluding carboxylic acids is 2. The number of nitrogens with zero attached hydrogens (tertiary/aromatic N) is 2. The molecule has 0 bridgehead atoms. The molecule has 0 saturated carbocycles. The first-order valence-corrected chi connectivity index (χ1v) is 13.4. The number of Topliss-reactive ketones (excluding diaryl/α,β-unsaturated/α-hetero) is 1. The third kappa shape index (κ3) is 7.43. The van der Waals surface area contributed by atoms with Crippen molar-refractivity contribution in [3.8, 4) is 11.1 Å². The number of amides is 1. The van der Waals surface area contributed by atoms with Crippen molar-refractivity contribution in [1.29, 1.82) is 0 Å². The molecule has 0 spiro atoms. The van der Waals surface area contributed by atoms with Crippen LogP contribution in [0.2, 0.25) is 0 Å². The van der Waals surface area contributed by atoms with Gasteiger partial charge in [-0.05, 0) is 74.4 Å². The first kappa shape index (κ1) is 28.7. The second-order valence-corrected chi connectivity index (χ2v) is 9.80. The zero-order valence-electron chi connectivity index (χ0n) is 23.6. The first-order chi connectivity index (χ1) is 19.4. The van der Waals surface area contributed by atoms with E-state index in [0.717, 1.165) is 47.0 Å². The van der Waals surface area contributed by atoms with E-state index in [1.54, 1.807) is 19.2 Å². The van der Waals surface area contributed by atoms with Gasteiger partial charge in [0.2, 0.25) is 0 Å². The molecule has 2 heterocycles. The van der Waals surface area contributed by atoms with Crippen molar-refractivity contribution in [2.75, 3.05) is 37.4 Å². The lowest BCUT2D eigenvalue weighted by atomic mass is 10.0. The standard InChI is InChI=1S/C32H37N5O3/c1-22-18-23(2)35-28(19-22)21-33-14-15-34-26-10-12-27(13-11-26)36-32(39)31(38)30-29(25-8-6-5-7-9-25)20-24(3)37(30)16-17-40-4/h5-13,18-20,33-34H,14-17,21H2,1-4H3,(H,36,39). The molecule has 0 aliphatic carbocycles. The fourth-order valence-corrected chi connectivity index (χ4v) is 4.72. The van der Waals surface area contributed by atoms with E-state index in [2.05, 4.69) is 40.0 Å². The van der Waals surface area contributed by atoms with Gasteiger partial charge in [-0.15, -0.1) is 0 Å². The maximum absolute atomic E-state index is 13.5. The molecule has 4 rings (SSSR count). The van der Waals surface area contributed by atoms with Crippen molar-refractivity contribution in [1.82, 2.24) is 14.9 Å². The van der Waals surface area contributed by atoms with Gasteiger partial charge in [-0.2, -0.15) is 0 Å². The third-order valence-corrected chi connectivity index (χ3v) is 6.56. The Kier molecular flexibility index (Phi) is 9.83. The van der Waals surface area contributed by atoms with Crippen LogP contribution in [0.1, 0.15) is 33.1 Å². The maximum atomic E-state index is 13.5. The Morgan fingerprint density at radius 1 is 0.900 bits per heavy atom. The van der Waals surface area contributed by atoms with Crippen LogP contribution in [0.4, 0.5) is 11.4 Å². The van der Waals surface area contributed by atoms with Gasteiger partial charge in [-0.3, -0.25) is 14.6 Å². The summed E-state index contributed by atoms with van der Waals surface area (Å²) in [5.41, 5.74) is 7.61. The first-order valence-electron chi connectivity index (χ1n) is 13.4. The summed E-state index contributed by atoms with van der Waals surface area (Å²) >= 11 is 0. The van der Waals surface area contributed by atoms with Gasteiger partial charge in [0.05, 0.1) is 12.3 Å². The summed E-state index contributed by atoms with van der Waals surface area (Å²) in [6, 6.07) is 23.1. The van der Waals surface area contributed by atoms with E-state index in [4.69, 9.17) is 4.74 Å². The van der Waals surface area contributed by atoms with Gasteiger partial charge in [0.25, 0.3) is 11.7 Å². The molecule has 0 fully saturated rings.